The summed E-state index contributed by atoms with van der Waals surface area (Å²) in [5, 5.41) is 0. The average molecular weight is 257 g/mol. The van der Waals surface area contributed by atoms with E-state index in [1.54, 1.807) is 7.11 Å². The van der Waals surface area contributed by atoms with Gasteiger partial charge in [0.05, 0.1) is 26.0 Å². The van der Waals surface area contributed by atoms with Crippen LogP contribution in [-0.4, -0.2) is 12.1 Å². The predicted octanol–water partition coefficient (Wildman–Crippen LogP) is 3.37. The van der Waals surface area contributed by atoms with Crippen LogP contribution < -0.4 is 4.74 Å². The fraction of sp³-hybridized carbons (Fsp3) is 0.312. The molecular formula is C16H19NO2. The molecule has 0 saturated carbocycles. The number of ether oxygens (including phenoxy) is 2. The van der Waals surface area contributed by atoms with Crippen molar-refractivity contribution in [2.75, 3.05) is 7.11 Å². The van der Waals surface area contributed by atoms with Gasteiger partial charge in [-0.05, 0) is 41.8 Å². The Morgan fingerprint density at radius 1 is 1.00 bits per heavy atom. The Morgan fingerprint density at radius 2 is 1.79 bits per heavy atom. The first-order valence-electron chi connectivity index (χ1n) is 6.46. The van der Waals surface area contributed by atoms with Gasteiger partial charge in [-0.15, -0.1) is 0 Å². The van der Waals surface area contributed by atoms with Crippen LogP contribution >= 0.6 is 0 Å². The predicted molar refractivity (Wildman–Crippen MR) is 75.1 cm³/mol. The highest BCUT2D eigenvalue weighted by atomic mass is 16.5. The standard InChI is InChI=1S/C16H19NO2/c1-3-13-8-9-17-15(10-13)12-19-11-14-4-6-16(18-2)7-5-14/h4-10H,3,11-12H2,1-2H3. The second kappa shape index (κ2) is 6.90. The van der Waals surface area contributed by atoms with Crippen molar-refractivity contribution < 1.29 is 9.47 Å². The van der Waals surface area contributed by atoms with Crippen LogP contribution in [0.2, 0.25) is 0 Å². The van der Waals surface area contributed by atoms with Crippen molar-refractivity contribution >= 4 is 0 Å². The van der Waals surface area contributed by atoms with Gasteiger partial charge in [0.2, 0.25) is 0 Å². The van der Waals surface area contributed by atoms with Gasteiger partial charge in [0.1, 0.15) is 5.75 Å². The van der Waals surface area contributed by atoms with E-state index in [0.717, 1.165) is 23.4 Å². The zero-order chi connectivity index (χ0) is 13.5. The fourth-order valence-electron chi connectivity index (χ4n) is 1.82. The molecule has 0 atom stereocenters. The molecule has 1 aromatic heterocycles. The summed E-state index contributed by atoms with van der Waals surface area (Å²) in [6.45, 7) is 3.26. The molecule has 0 spiro atoms. The molecule has 0 aliphatic heterocycles. The van der Waals surface area contributed by atoms with Crippen LogP contribution in [-0.2, 0) is 24.4 Å². The monoisotopic (exact) mass is 257 g/mol. The molecule has 0 aliphatic carbocycles. The van der Waals surface area contributed by atoms with E-state index in [9.17, 15) is 0 Å². The van der Waals surface area contributed by atoms with Crippen molar-refractivity contribution in [1.82, 2.24) is 4.98 Å². The highest BCUT2D eigenvalue weighted by Crippen LogP contribution is 2.12. The normalized spacial score (nSPS) is 10.4. The molecule has 0 saturated heterocycles. The zero-order valence-electron chi connectivity index (χ0n) is 11.4. The molecule has 1 heterocycles. The van der Waals surface area contributed by atoms with E-state index in [0.29, 0.717) is 13.2 Å². The molecule has 0 N–H and O–H groups in total. The van der Waals surface area contributed by atoms with E-state index >= 15 is 0 Å². The number of aromatic nitrogens is 1. The van der Waals surface area contributed by atoms with Crippen molar-refractivity contribution in [3.05, 3.63) is 59.4 Å². The van der Waals surface area contributed by atoms with Gasteiger partial charge in [-0.25, -0.2) is 0 Å². The van der Waals surface area contributed by atoms with Gasteiger partial charge in [-0.3, -0.25) is 4.98 Å². The van der Waals surface area contributed by atoms with Crippen molar-refractivity contribution in [2.45, 2.75) is 26.6 Å². The Kier molecular flexibility index (Phi) is 4.93. The summed E-state index contributed by atoms with van der Waals surface area (Å²) < 4.78 is 10.8. The van der Waals surface area contributed by atoms with E-state index in [1.807, 2.05) is 36.5 Å². The number of rotatable bonds is 6. The van der Waals surface area contributed by atoms with Gasteiger partial charge >= 0.3 is 0 Å². The molecule has 100 valence electrons. The lowest BCUT2D eigenvalue weighted by molar-refractivity contribution is 0.104. The summed E-state index contributed by atoms with van der Waals surface area (Å²) in [6.07, 6.45) is 2.86. The van der Waals surface area contributed by atoms with E-state index in [-0.39, 0.29) is 0 Å². The van der Waals surface area contributed by atoms with Crippen LogP contribution in [0.5, 0.6) is 5.75 Å². The second-order valence-corrected chi connectivity index (χ2v) is 4.35. The lowest BCUT2D eigenvalue weighted by Gasteiger charge is -2.06. The van der Waals surface area contributed by atoms with Crippen molar-refractivity contribution in [3.63, 3.8) is 0 Å². The van der Waals surface area contributed by atoms with Gasteiger partial charge < -0.3 is 9.47 Å². The minimum Gasteiger partial charge on any atom is -0.497 e. The maximum atomic E-state index is 5.68. The molecule has 2 rings (SSSR count). The quantitative estimate of drug-likeness (QED) is 0.795. The number of methoxy groups -OCH3 is 1. The minimum atomic E-state index is 0.542. The van der Waals surface area contributed by atoms with Crippen LogP contribution in [0.25, 0.3) is 0 Å². The van der Waals surface area contributed by atoms with E-state index in [4.69, 9.17) is 9.47 Å². The van der Waals surface area contributed by atoms with Gasteiger partial charge in [-0.1, -0.05) is 19.1 Å². The Bertz CT molecular complexity index is 508. The van der Waals surface area contributed by atoms with E-state index in [2.05, 4.69) is 18.0 Å². The molecule has 1 aromatic carbocycles. The van der Waals surface area contributed by atoms with Crippen LogP contribution in [0.3, 0.4) is 0 Å². The minimum absolute atomic E-state index is 0.542. The lowest BCUT2D eigenvalue weighted by Crippen LogP contribution is -1.97. The molecule has 0 unspecified atom stereocenters. The number of hydrogen-bond acceptors (Lipinski definition) is 3. The largest absolute Gasteiger partial charge is 0.497 e. The molecular weight excluding hydrogens is 238 g/mol. The Morgan fingerprint density at radius 3 is 2.47 bits per heavy atom. The van der Waals surface area contributed by atoms with E-state index < -0.39 is 0 Å². The highest BCUT2D eigenvalue weighted by molar-refractivity contribution is 5.26. The molecule has 0 amide bonds. The lowest BCUT2D eigenvalue weighted by atomic mass is 10.2. The smallest absolute Gasteiger partial charge is 0.118 e. The Balaban J connectivity index is 1.85. The average Bonchev–Trinajstić information content (AvgIpc) is 2.48. The molecule has 3 heteroatoms. The summed E-state index contributed by atoms with van der Waals surface area (Å²) in [7, 11) is 1.66. The third-order valence-corrected chi connectivity index (χ3v) is 2.97. The summed E-state index contributed by atoms with van der Waals surface area (Å²) in [6, 6.07) is 12.0. The van der Waals surface area contributed by atoms with Crippen molar-refractivity contribution in [3.8, 4) is 5.75 Å². The van der Waals surface area contributed by atoms with Crippen LogP contribution in [0.15, 0.2) is 42.6 Å². The highest BCUT2D eigenvalue weighted by Gasteiger charge is 1.98. The molecule has 3 nitrogen and oxygen atoms in total. The molecule has 0 bridgehead atoms. The Hall–Kier alpha value is -1.87. The topological polar surface area (TPSA) is 31.4 Å². The Labute approximate surface area is 114 Å². The van der Waals surface area contributed by atoms with Gasteiger partial charge in [-0.2, -0.15) is 0 Å². The number of aryl methyl sites for hydroxylation is 1. The third-order valence-electron chi connectivity index (χ3n) is 2.97. The van der Waals surface area contributed by atoms with Gasteiger partial charge in [0, 0.05) is 6.20 Å². The first-order valence-corrected chi connectivity index (χ1v) is 6.46. The molecule has 19 heavy (non-hydrogen) atoms. The zero-order valence-corrected chi connectivity index (χ0v) is 11.4. The van der Waals surface area contributed by atoms with Crippen LogP contribution in [0.4, 0.5) is 0 Å². The number of benzene rings is 1. The summed E-state index contributed by atoms with van der Waals surface area (Å²) >= 11 is 0. The van der Waals surface area contributed by atoms with E-state index in [1.165, 1.54) is 5.56 Å². The fourth-order valence-corrected chi connectivity index (χ4v) is 1.82. The summed E-state index contributed by atoms with van der Waals surface area (Å²) in [4.78, 5) is 4.30. The summed E-state index contributed by atoms with van der Waals surface area (Å²) in [5.74, 6) is 0.862. The van der Waals surface area contributed by atoms with Crippen molar-refractivity contribution in [1.29, 1.82) is 0 Å². The first kappa shape index (κ1) is 13.6. The first-order chi connectivity index (χ1) is 9.31. The maximum Gasteiger partial charge on any atom is 0.118 e. The summed E-state index contributed by atoms with van der Waals surface area (Å²) in [5.41, 5.74) is 3.40. The third kappa shape index (κ3) is 4.07. The van der Waals surface area contributed by atoms with Gasteiger partial charge in [0.25, 0.3) is 0 Å². The molecule has 2 aromatic rings. The van der Waals surface area contributed by atoms with Gasteiger partial charge in [0.15, 0.2) is 0 Å². The number of nitrogens with zero attached hydrogens (tertiary/aromatic N) is 1. The van der Waals surface area contributed by atoms with Crippen LogP contribution in [0.1, 0.15) is 23.7 Å². The number of hydrogen-bond donors (Lipinski definition) is 0. The number of pyridine rings is 1. The molecule has 0 radical (unpaired) electrons. The van der Waals surface area contributed by atoms with Crippen LogP contribution in [0, 0.1) is 0 Å². The SMILES string of the molecule is CCc1ccnc(COCc2ccc(OC)cc2)c1. The molecule has 0 fully saturated rings. The second-order valence-electron chi connectivity index (χ2n) is 4.35. The van der Waals surface area contributed by atoms with Crippen molar-refractivity contribution in [2.24, 2.45) is 0 Å². The maximum absolute atomic E-state index is 5.68. The molecule has 0 aliphatic rings.